The summed E-state index contributed by atoms with van der Waals surface area (Å²) in [6, 6.07) is 2.92. The number of amides is 2. The fraction of sp³-hybridized carbons (Fsp3) is 0.333. The van der Waals surface area contributed by atoms with E-state index >= 15 is 0 Å². The van der Waals surface area contributed by atoms with E-state index in [0.717, 1.165) is 6.07 Å². The van der Waals surface area contributed by atoms with Crippen LogP contribution in [0, 0.1) is 0 Å². The first-order valence-corrected chi connectivity index (χ1v) is 5.75. The van der Waals surface area contributed by atoms with E-state index in [1.54, 1.807) is 0 Å². The number of primary amides is 1. The van der Waals surface area contributed by atoms with Gasteiger partial charge in [-0.2, -0.15) is 13.2 Å². The molecule has 5 N–H and O–H groups in total. The van der Waals surface area contributed by atoms with Crippen LogP contribution in [0.2, 0.25) is 0 Å². The number of rotatable bonds is 5. The van der Waals surface area contributed by atoms with Gasteiger partial charge in [0.05, 0.1) is 5.56 Å². The summed E-state index contributed by atoms with van der Waals surface area (Å²) in [6.45, 7) is 0.146. The van der Waals surface area contributed by atoms with Gasteiger partial charge in [0.25, 0.3) is 5.91 Å². The Kier molecular flexibility index (Phi) is 4.95. The van der Waals surface area contributed by atoms with E-state index in [4.69, 9.17) is 11.5 Å². The zero-order chi connectivity index (χ0) is 15.3. The predicted molar refractivity (Wildman–Crippen MR) is 66.6 cm³/mol. The molecule has 0 saturated carbocycles. The molecule has 1 aromatic rings. The van der Waals surface area contributed by atoms with Crippen molar-refractivity contribution < 1.29 is 22.8 Å². The van der Waals surface area contributed by atoms with Crippen LogP contribution in [0.1, 0.15) is 28.8 Å². The number of benzene rings is 1. The highest BCUT2D eigenvalue weighted by atomic mass is 19.4. The molecule has 0 radical (unpaired) electrons. The lowest BCUT2D eigenvalue weighted by atomic mass is 10.1. The fourth-order valence-electron chi connectivity index (χ4n) is 1.51. The van der Waals surface area contributed by atoms with Crippen molar-refractivity contribution in [2.75, 3.05) is 12.3 Å². The smallest absolute Gasteiger partial charge is 0.398 e. The molecular weight excluding hydrogens is 275 g/mol. The number of alkyl halides is 3. The second-order valence-corrected chi connectivity index (χ2v) is 4.13. The standard InChI is InChI=1S/C12H14F3N3O2/c13-12(14,15)8-6-7(3-4-9(8)16)11(20)18-5-1-2-10(17)19/h3-4,6H,1-2,5,16H2,(H2,17,19)(H,18,20). The van der Waals surface area contributed by atoms with Crippen LogP contribution in [0.3, 0.4) is 0 Å². The summed E-state index contributed by atoms with van der Waals surface area (Å²) in [5.41, 5.74) is 8.50. The molecule has 0 aliphatic rings. The van der Waals surface area contributed by atoms with E-state index in [1.165, 1.54) is 6.07 Å². The van der Waals surface area contributed by atoms with Crippen LogP contribution in [-0.4, -0.2) is 18.4 Å². The van der Waals surface area contributed by atoms with E-state index in [1.807, 2.05) is 0 Å². The molecule has 20 heavy (non-hydrogen) atoms. The summed E-state index contributed by atoms with van der Waals surface area (Å²) < 4.78 is 37.9. The minimum absolute atomic E-state index is 0.0931. The third-order valence-corrected chi connectivity index (χ3v) is 2.51. The third kappa shape index (κ3) is 4.45. The van der Waals surface area contributed by atoms with Gasteiger partial charge in [-0.3, -0.25) is 9.59 Å². The van der Waals surface area contributed by atoms with E-state index in [0.29, 0.717) is 12.5 Å². The summed E-state index contributed by atoms with van der Waals surface area (Å²) >= 11 is 0. The summed E-state index contributed by atoms with van der Waals surface area (Å²) in [6.07, 6.45) is -4.20. The zero-order valence-electron chi connectivity index (χ0n) is 10.5. The van der Waals surface area contributed by atoms with E-state index in [-0.39, 0.29) is 18.5 Å². The molecule has 0 atom stereocenters. The Bertz CT molecular complexity index is 515. The van der Waals surface area contributed by atoms with Crippen molar-refractivity contribution in [3.05, 3.63) is 29.3 Å². The highest BCUT2D eigenvalue weighted by Crippen LogP contribution is 2.33. The Balaban J connectivity index is 2.72. The van der Waals surface area contributed by atoms with Gasteiger partial charge in [-0.25, -0.2) is 0 Å². The molecule has 0 heterocycles. The van der Waals surface area contributed by atoms with Gasteiger partial charge in [0, 0.05) is 24.2 Å². The van der Waals surface area contributed by atoms with Gasteiger partial charge in [0.2, 0.25) is 5.91 Å². The van der Waals surface area contributed by atoms with Gasteiger partial charge in [-0.15, -0.1) is 0 Å². The van der Waals surface area contributed by atoms with Gasteiger partial charge >= 0.3 is 6.18 Å². The molecule has 0 spiro atoms. The van der Waals surface area contributed by atoms with Crippen molar-refractivity contribution in [3.63, 3.8) is 0 Å². The van der Waals surface area contributed by atoms with Crippen LogP contribution >= 0.6 is 0 Å². The maximum atomic E-state index is 12.6. The number of hydrogen-bond donors (Lipinski definition) is 3. The molecule has 110 valence electrons. The van der Waals surface area contributed by atoms with E-state index in [2.05, 4.69) is 5.32 Å². The molecule has 8 heteroatoms. The van der Waals surface area contributed by atoms with Gasteiger partial charge in [-0.05, 0) is 24.6 Å². The monoisotopic (exact) mass is 289 g/mol. The SMILES string of the molecule is NC(=O)CCCNC(=O)c1ccc(N)c(C(F)(F)F)c1. The molecule has 5 nitrogen and oxygen atoms in total. The van der Waals surface area contributed by atoms with Crippen LogP contribution in [-0.2, 0) is 11.0 Å². The molecule has 2 amide bonds. The minimum atomic E-state index is -4.62. The summed E-state index contributed by atoms with van der Waals surface area (Å²) in [5.74, 6) is -1.17. The number of anilines is 1. The van der Waals surface area contributed by atoms with Gasteiger partial charge < -0.3 is 16.8 Å². The average molecular weight is 289 g/mol. The van der Waals surface area contributed by atoms with Crippen molar-refractivity contribution >= 4 is 17.5 Å². The Morgan fingerprint density at radius 2 is 1.90 bits per heavy atom. The number of nitrogens with two attached hydrogens (primary N) is 2. The number of carbonyl (C=O) groups is 2. The number of nitrogens with one attached hydrogen (secondary N) is 1. The first kappa shape index (κ1) is 15.8. The van der Waals surface area contributed by atoms with Gasteiger partial charge in [0.1, 0.15) is 0 Å². The molecule has 0 aromatic heterocycles. The summed E-state index contributed by atoms with van der Waals surface area (Å²) in [5, 5.41) is 2.40. The lowest BCUT2D eigenvalue weighted by Crippen LogP contribution is -2.26. The van der Waals surface area contributed by atoms with E-state index < -0.39 is 29.2 Å². The van der Waals surface area contributed by atoms with Gasteiger partial charge in [-0.1, -0.05) is 0 Å². The van der Waals surface area contributed by atoms with Gasteiger partial charge in [0.15, 0.2) is 0 Å². The number of nitrogen functional groups attached to an aromatic ring is 1. The second-order valence-electron chi connectivity index (χ2n) is 4.13. The number of halogens is 3. The lowest BCUT2D eigenvalue weighted by Gasteiger charge is -2.11. The normalized spacial score (nSPS) is 11.2. The Hall–Kier alpha value is -2.25. The quantitative estimate of drug-likeness (QED) is 0.562. The fourth-order valence-corrected chi connectivity index (χ4v) is 1.51. The summed E-state index contributed by atoms with van der Waals surface area (Å²) in [4.78, 5) is 22.1. The van der Waals surface area contributed by atoms with Crippen LogP contribution in [0.25, 0.3) is 0 Å². The van der Waals surface area contributed by atoms with Crippen molar-refractivity contribution in [1.29, 1.82) is 0 Å². The third-order valence-electron chi connectivity index (χ3n) is 2.51. The van der Waals surface area contributed by atoms with Crippen LogP contribution in [0.15, 0.2) is 18.2 Å². The first-order valence-electron chi connectivity index (χ1n) is 5.75. The minimum Gasteiger partial charge on any atom is -0.398 e. The maximum Gasteiger partial charge on any atom is 0.418 e. The zero-order valence-corrected chi connectivity index (χ0v) is 10.5. The van der Waals surface area contributed by atoms with Crippen LogP contribution in [0.5, 0.6) is 0 Å². The van der Waals surface area contributed by atoms with Crippen molar-refractivity contribution in [2.24, 2.45) is 5.73 Å². The van der Waals surface area contributed by atoms with Crippen LogP contribution < -0.4 is 16.8 Å². The van der Waals surface area contributed by atoms with E-state index in [9.17, 15) is 22.8 Å². The molecule has 0 bridgehead atoms. The Morgan fingerprint density at radius 1 is 1.25 bits per heavy atom. The second kappa shape index (κ2) is 6.27. The van der Waals surface area contributed by atoms with Crippen molar-refractivity contribution in [1.82, 2.24) is 5.32 Å². The average Bonchev–Trinajstić information content (AvgIpc) is 2.33. The maximum absolute atomic E-state index is 12.6. The molecule has 1 aromatic carbocycles. The molecule has 0 saturated heterocycles. The Morgan fingerprint density at radius 3 is 2.45 bits per heavy atom. The summed E-state index contributed by atoms with van der Waals surface area (Å²) in [7, 11) is 0. The predicted octanol–water partition coefficient (Wildman–Crippen LogP) is 1.28. The molecule has 1 rings (SSSR count). The number of carbonyl (C=O) groups excluding carboxylic acids is 2. The molecule has 0 unspecified atom stereocenters. The van der Waals surface area contributed by atoms with Crippen molar-refractivity contribution in [3.8, 4) is 0 Å². The highest BCUT2D eigenvalue weighted by molar-refractivity contribution is 5.94. The molecule has 0 aliphatic heterocycles. The topological polar surface area (TPSA) is 98.2 Å². The molecule has 0 aliphatic carbocycles. The number of hydrogen-bond acceptors (Lipinski definition) is 3. The van der Waals surface area contributed by atoms with Crippen molar-refractivity contribution in [2.45, 2.75) is 19.0 Å². The largest absolute Gasteiger partial charge is 0.418 e. The highest BCUT2D eigenvalue weighted by Gasteiger charge is 2.33. The van der Waals surface area contributed by atoms with Crippen LogP contribution in [0.4, 0.5) is 18.9 Å². The molecular formula is C12H14F3N3O2. The Labute approximate surface area is 113 Å². The first-order chi connectivity index (χ1) is 9.21. The molecule has 0 fully saturated rings. The lowest BCUT2D eigenvalue weighted by molar-refractivity contribution is -0.136.